The van der Waals surface area contributed by atoms with Crippen LogP contribution >= 0.6 is 0 Å². The van der Waals surface area contributed by atoms with E-state index in [4.69, 9.17) is 19.4 Å². The molecule has 0 bridgehead atoms. The molecule has 1 aliphatic rings. The Labute approximate surface area is 267 Å². The van der Waals surface area contributed by atoms with E-state index in [-0.39, 0.29) is 5.41 Å². The first kappa shape index (κ1) is 26.5. The van der Waals surface area contributed by atoms with Crippen molar-refractivity contribution in [3.05, 3.63) is 151 Å². The van der Waals surface area contributed by atoms with Gasteiger partial charge in [-0.15, -0.1) is 0 Å². The van der Waals surface area contributed by atoms with Gasteiger partial charge in [-0.3, -0.25) is 0 Å². The van der Waals surface area contributed by atoms with E-state index in [0.29, 0.717) is 17.5 Å². The molecule has 9 rings (SSSR count). The molecule has 218 valence electrons. The van der Waals surface area contributed by atoms with Crippen LogP contribution in [0.5, 0.6) is 0 Å². The summed E-state index contributed by atoms with van der Waals surface area (Å²) in [5.41, 5.74) is 11.9. The first-order valence-electron chi connectivity index (χ1n) is 15.6. The van der Waals surface area contributed by atoms with Gasteiger partial charge in [0.15, 0.2) is 17.5 Å². The number of para-hydroxylation sites is 1. The second-order valence-electron chi connectivity index (χ2n) is 12.4. The van der Waals surface area contributed by atoms with Crippen LogP contribution in [0.3, 0.4) is 0 Å². The van der Waals surface area contributed by atoms with E-state index in [1.807, 2.05) is 66.7 Å². The molecule has 1 aliphatic carbocycles. The summed E-state index contributed by atoms with van der Waals surface area (Å²) in [7, 11) is 0. The Bertz CT molecular complexity index is 2370. The minimum atomic E-state index is -0.139. The lowest BCUT2D eigenvalue weighted by molar-refractivity contribution is 0.657. The van der Waals surface area contributed by atoms with E-state index >= 15 is 0 Å². The van der Waals surface area contributed by atoms with Crippen LogP contribution in [0.1, 0.15) is 25.0 Å². The standard InChI is InChI=1S/C42H29N3O/c1-42(2)33-19-11-9-17-30(33)36-34(42)25-32(38-37(36)31-18-10-12-20-35(31)46-38)26-21-23-29(24-22-26)41-44-39(27-13-5-3-6-14-27)43-40(45-41)28-15-7-4-8-16-28/h3-25H,1-2H3. The molecule has 0 aliphatic heterocycles. The molecule has 0 saturated carbocycles. The van der Waals surface area contributed by atoms with Crippen molar-refractivity contribution in [3.8, 4) is 56.4 Å². The summed E-state index contributed by atoms with van der Waals surface area (Å²) < 4.78 is 6.66. The third-order valence-corrected chi connectivity index (χ3v) is 9.34. The van der Waals surface area contributed by atoms with Crippen LogP contribution in [0.2, 0.25) is 0 Å². The van der Waals surface area contributed by atoms with Crippen LogP contribution in [-0.2, 0) is 5.41 Å². The maximum absolute atomic E-state index is 6.66. The highest BCUT2D eigenvalue weighted by atomic mass is 16.3. The molecule has 0 unspecified atom stereocenters. The van der Waals surface area contributed by atoms with Crippen LogP contribution in [0.25, 0.3) is 78.4 Å². The first-order chi connectivity index (χ1) is 22.6. The Morgan fingerprint density at radius 3 is 1.65 bits per heavy atom. The van der Waals surface area contributed by atoms with E-state index in [0.717, 1.165) is 44.4 Å². The van der Waals surface area contributed by atoms with Gasteiger partial charge in [0.25, 0.3) is 0 Å². The third kappa shape index (κ3) is 4.04. The SMILES string of the molecule is CC1(C)c2ccccc2-c2c1cc(-c1ccc(-c3nc(-c4ccccc4)nc(-c4ccccc4)n3)cc1)c1oc3ccccc3c21. The second kappa shape index (κ2) is 10.1. The summed E-state index contributed by atoms with van der Waals surface area (Å²) in [4.78, 5) is 14.7. The van der Waals surface area contributed by atoms with Crippen LogP contribution in [0.15, 0.2) is 144 Å². The van der Waals surface area contributed by atoms with Gasteiger partial charge in [0.2, 0.25) is 0 Å². The van der Waals surface area contributed by atoms with Crippen molar-refractivity contribution in [3.63, 3.8) is 0 Å². The normalized spacial score (nSPS) is 13.2. The topological polar surface area (TPSA) is 51.8 Å². The molecule has 2 aromatic heterocycles. The Morgan fingerprint density at radius 2 is 1.00 bits per heavy atom. The van der Waals surface area contributed by atoms with Crippen molar-refractivity contribution < 1.29 is 4.42 Å². The van der Waals surface area contributed by atoms with Crippen molar-refractivity contribution in [2.45, 2.75) is 19.3 Å². The van der Waals surface area contributed by atoms with Gasteiger partial charge in [0.05, 0.1) is 0 Å². The zero-order valence-electron chi connectivity index (χ0n) is 25.5. The molecule has 0 radical (unpaired) electrons. The van der Waals surface area contributed by atoms with Gasteiger partial charge in [-0.25, -0.2) is 15.0 Å². The fourth-order valence-electron chi connectivity index (χ4n) is 7.01. The number of nitrogens with zero attached hydrogens (tertiary/aromatic N) is 3. The summed E-state index contributed by atoms with van der Waals surface area (Å²) in [6, 6.07) is 48.2. The van der Waals surface area contributed by atoms with Gasteiger partial charge in [-0.1, -0.05) is 141 Å². The second-order valence-corrected chi connectivity index (χ2v) is 12.4. The first-order valence-corrected chi connectivity index (χ1v) is 15.6. The number of aromatic nitrogens is 3. The van der Waals surface area contributed by atoms with E-state index in [2.05, 4.69) is 86.6 Å². The lowest BCUT2D eigenvalue weighted by Gasteiger charge is -2.22. The molecule has 0 spiro atoms. The fourth-order valence-corrected chi connectivity index (χ4v) is 7.01. The molecule has 4 heteroatoms. The van der Waals surface area contributed by atoms with Crippen molar-refractivity contribution in [2.24, 2.45) is 0 Å². The van der Waals surface area contributed by atoms with Crippen LogP contribution in [-0.4, -0.2) is 15.0 Å². The maximum atomic E-state index is 6.66. The molecular formula is C42H29N3O. The molecule has 0 saturated heterocycles. The lowest BCUT2D eigenvalue weighted by atomic mass is 9.81. The predicted octanol–water partition coefficient (Wildman–Crippen LogP) is 10.7. The summed E-state index contributed by atoms with van der Waals surface area (Å²) in [6.07, 6.45) is 0. The molecule has 0 atom stereocenters. The number of furan rings is 1. The number of fused-ring (bicyclic) bond motifs is 7. The number of rotatable bonds is 4. The monoisotopic (exact) mass is 591 g/mol. The van der Waals surface area contributed by atoms with Crippen LogP contribution in [0, 0.1) is 0 Å². The summed E-state index contributed by atoms with van der Waals surface area (Å²) >= 11 is 0. The van der Waals surface area contributed by atoms with Gasteiger partial charge < -0.3 is 4.42 Å². The molecule has 0 amide bonds. The minimum absolute atomic E-state index is 0.139. The number of hydrogen-bond donors (Lipinski definition) is 0. The predicted molar refractivity (Wildman–Crippen MR) is 186 cm³/mol. The minimum Gasteiger partial charge on any atom is -0.455 e. The Hall–Kier alpha value is -5.87. The van der Waals surface area contributed by atoms with Crippen molar-refractivity contribution in [1.82, 2.24) is 15.0 Å². The molecule has 2 heterocycles. The number of hydrogen-bond acceptors (Lipinski definition) is 4. The zero-order chi connectivity index (χ0) is 30.8. The summed E-state index contributed by atoms with van der Waals surface area (Å²) in [5.74, 6) is 1.94. The van der Waals surface area contributed by atoms with Gasteiger partial charge in [0.1, 0.15) is 11.2 Å². The lowest BCUT2D eigenvalue weighted by Crippen LogP contribution is -2.15. The quantitative estimate of drug-likeness (QED) is 0.204. The maximum Gasteiger partial charge on any atom is 0.164 e. The molecule has 0 fully saturated rings. The molecule has 4 nitrogen and oxygen atoms in total. The summed E-state index contributed by atoms with van der Waals surface area (Å²) in [5, 5.41) is 2.33. The van der Waals surface area contributed by atoms with Crippen molar-refractivity contribution >= 4 is 21.9 Å². The van der Waals surface area contributed by atoms with Gasteiger partial charge in [-0.05, 0) is 39.9 Å². The van der Waals surface area contributed by atoms with E-state index in [9.17, 15) is 0 Å². The smallest absolute Gasteiger partial charge is 0.164 e. The summed E-state index contributed by atoms with van der Waals surface area (Å²) in [6.45, 7) is 4.65. The molecule has 6 aromatic carbocycles. The van der Waals surface area contributed by atoms with Gasteiger partial charge >= 0.3 is 0 Å². The highest BCUT2D eigenvalue weighted by Crippen LogP contribution is 2.54. The van der Waals surface area contributed by atoms with Crippen molar-refractivity contribution in [1.29, 1.82) is 0 Å². The molecule has 46 heavy (non-hydrogen) atoms. The van der Waals surface area contributed by atoms with Crippen LogP contribution < -0.4 is 0 Å². The van der Waals surface area contributed by atoms with E-state index in [1.165, 1.54) is 27.6 Å². The molecular weight excluding hydrogens is 562 g/mol. The third-order valence-electron chi connectivity index (χ3n) is 9.34. The Morgan fingerprint density at radius 1 is 0.478 bits per heavy atom. The average molecular weight is 592 g/mol. The fraction of sp³-hybridized carbons (Fsp3) is 0.0714. The Kier molecular flexibility index (Phi) is 5.81. The zero-order valence-corrected chi connectivity index (χ0v) is 25.5. The van der Waals surface area contributed by atoms with Crippen LogP contribution in [0.4, 0.5) is 0 Å². The van der Waals surface area contributed by atoms with E-state index in [1.54, 1.807) is 0 Å². The van der Waals surface area contributed by atoms with Gasteiger partial charge in [0, 0.05) is 38.4 Å². The van der Waals surface area contributed by atoms with Crippen molar-refractivity contribution in [2.75, 3.05) is 0 Å². The van der Waals surface area contributed by atoms with E-state index < -0.39 is 0 Å². The number of benzene rings is 6. The average Bonchev–Trinajstić information content (AvgIpc) is 3.61. The highest BCUT2D eigenvalue weighted by molar-refractivity contribution is 6.18. The highest BCUT2D eigenvalue weighted by Gasteiger charge is 2.38. The Balaban J connectivity index is 1.22. The largest absolute Gasteiger partial charge is 0.455 e. The molecule has 8 aromatic rings. The van der Waals surface area contributed by atoms with Gasteiger partial charge in [-0.2, -0.15) is 0 Å². The molecule has 0 N–H and O–H groups in total.